The number of nitrogen functional groups attached to an aromatic ring is 1. The van der Waals surface area contributed by atoms with Gasteiger partial charge in [0.2, 0.25) is 5.95 Å². The molecule has 1 fully saturated rings. The van der Waals surface area contributed by atoms with Crippen LogP contribution in [-0.4, -0.2) is 49.2 Å². The molecule has 0 saturated carbocycles. The predicted molar refractivity (Wildman–Crippen MR) is 145 cm³/mol. The van der Waals surface area contributed by atoms with E-state index in [0.717, 1.165) is 0 Å². The highest BCUT2D eigenvalue weighted by atomic mass is 35.5. The van der Waals surface area contributed by atoms with E-state index in [-0.39, 0.29) is 40.2 Å². The number of aromatic nitrogens is 4. The molecule has 13 heteroatoms. The Balaban J connectivity index is 1.73. The van der Waals surface area contributed by atoms with E-state index in [1.807, 2.05) is 26.8 Å². The van der Waals surface area contributed by atoms with E-state index in [1.165, 1.54) is 0 Å². The van der Waals surface area contributed by atoms with E-state index in [1.54, 1.807) is 34.6 Å². The molecule has 3 N–H and O–H groups in total. The van der Waals surface area contributed by atoms with Crippen molar-refractivity contribution in [3.63, 3.8) is 0 Å². The maximum Gasteiger partial charge on any atom is 0.410 e. The van der Waals surface area contributed by atoms with Crippen LogP contribution in [0, 0.1) is 11.3 Å². The van der Waals surface area contributed by atoms with Crippen LogP contribution in [0.2, 0.25) is 10.2 Å². The van der Waals surface area contributed by atoms with Crippen molar-refractivity contribution >= 4 is 52.0 Å². The van der Waals surface area contributed by atoms with Gasteiger partial charge < -0.3 is 20.7 Å². The number of rotatable bonds is 4. The van der Waals surface area contributed by atoms with Crippen molar-refractivity contribution < 1.29 is 9.53 Å². The first-order valence-electron chi connectivity index (χ1n) is 12.1. The highest BCUT2D eigenvalue weighted by Crippen LogP contribution is 2.30. The molecule has 3 aromatic rings. The summed E-state index contributed by atoms with van der Waals surface area (Å²) >= 11 is 12.5. The Kier molecular flexibility index (Phi) is 7.67. The number of likely N-dealkylation sites (tertiary alicyclic amines) is 1. The molecule has 1 aliphatic heterocycles. The van der Waals surface area contributed by atoms with Crippen molar-refractivity contribution in [1.29, 1.82) is 5.26 Å². The Morgan fingerprint density at radius 3 is 2.55 bits per heavy atom. The Bertz CT molecular complexity index is 1490. The molecule has 4 rings (SSSR count). The lowest BCUT2D eigenvalue weighted by molar-refractivity contribution is 0.0186. The van der Waals surface area contributed by atoms with E-state index in [4.69, 9.17) is 38.7 Å². The first-order chi connectivity index (χ1) is 17.9. The third-order valence-corrected chi connectivity index (χ3v) is 6.71. The Morgan fingerprint density at radius 1 is 1.24 bits per heavy atom. The highest BCUT2D eigenvalue weighted by molar-refractivity contribution is 6.35. The molecule has 1 aliphatic rings. The lowest BCUT2D eigenvalue weighted by atomic mass is 10.0. The molecule has 2 aromatic heterocycles. The summed E-state index contributed by atoms with van der Waals surface area (Å²) in [5.74, 6) is 0.441. The first kappa shape index (κ1) is 27.4. The highest BCUT2D eigenvalue weighted by Gasteiger charge is 2.31. The molecule has 200 valence electrons. The van der Waals surface area contributed by atoms with Crippen molar-refractivity contribution in [2.75, 3.05) is 24.1 Å². The number of fused-ring (bicyclic) bond motifs is 1. The average Bonchev–Trinajstić information content (AvgIpc) is 2.82. The number of amides is 1. The molecule has 1 saturated heterocycles. The molecule has 0 unspecified atom stereocenters. The van der Waals surface area contributed by atoms with E-state index in [9.17, 15) is 14.9 Å². The summed E-state index contributed by atoms with van der Waals surface area (Å²) in [4.78, 5) is 40.8. The first-order valence-corrected chi connectivity index (χ1v) is 12.8. The van der Waals surface area contributed by atoms with Gasteiger partial charge in [0.1, 0.15) is 23.1 Å². The van der Waals surface area contributed by atoms with Gasteiger partial charge in [-0.15, -0.1) is 0 Å². The SMILES string of the molecule is C[C@H](Nc1nc(N)nc(Cl)c1C#N)c1nc2cccc(Cl)c2c(=O)n1C1CCN(C(=O)OC(C)(C)C)CC1. The van der Waals surface area contributed by atoms with Crippen LogP contribution in [0.1, 0.15) is 64.0 Å². The Labute approximate surface area is 229 Å². The minimum atomic E-state index is -0.603. The lowest BCUT2D eigenvalue weighted by Gasteiger charge is -2.35. The van der Waals surface area contributed by atoms with Gasteiger partial charge >= 0.3 is 6.09 Å². The molecule has 0 radical (unpaired) electrons. The topological polar surface area (TPSA) is 152 Å². The summed E-state index contributed by atoms with van der Waals surface area (Å²) in [6.45, 7) is 8.06. The number of nitriles is 1. The molecule has 1 amide bonds. The van der Waals surface area contributed by atoms with Gasteiger partial charge in [-0.25, -0.2) is 9.78 Å². The summed E-state index contributed by atoms with van der Waals surface area (Å²) in [6, 6.07) is 6.21. The normalized spacial score (nSPS) is 15.2. The number of nitrogens with two attached hydrogens (primary N) is 1. The maximum atomic E-state index is 13.8. The van der Waals surface area contributed by atoms with Crippen molar-refractivity contribution in [2.24, 2.45) is 0 Å². The largest absolute Gasteiger partial charge is 0.444 e. The monoisotopic (exact) mass is 558 g/mol. The fourth-order valence-electron chi connectivity index (χ4n) is 4.43. The van der Waals surface area contributed by atoms with Crippen molar-refractivity contribution in [3.8, 4) is 6.07 Å². The van der Waals surface area contributed by atoms with E-state index in [0.29, 0.717) is 47.7 Å². The molecular weight excluding hydrogens is 531 g/mol. The second kappa shape index (κ2) is 10.6. The van der Waals surface area contributed by atoms with Crippen LogP contribution in [0.25, 0.3) is 10.9 Å². The van der Waals surface area contributed by atoms with Crippen LogP contribution >= 0.6 is 23.2 Å². The summed E-state index contributed by atoms with van der Waals surface area (Å²) < 4.78 is 7.13. The Hall–Kier alpha value is -3.62. The summed E-state index contributed by atoms with van der Waals surface area (Å²) in [6.07, 6.45) is 0.624. The summed E-state index contributed by atoms with van der Waals surface area (Å²) in [7, 11) is 0. The third-order valence-electron chi connectivity index (χ3n) is 6.12. The maximum absolute atomic E-state index is 13.8. The predicted octanol–water partition coefficient (Wildman–Crippen LogP) is 4.69. The molecule has 1 atom stereocenters. The van der Waals surface area contributed by atoms with Gasteiger partial charge in [0.25, 0.3) is 5.56 Å². The van der Waals surface area contributed by atoms with Gasteiger partial charge in [-0.05, 0) is 52.7 Å². The molecule has 0 spiro atoms. The average molecular weight is 559 g/mol. The number of nitrogens with zero attached hydrogens (tertiary/aromatic N) is 6. The quantitative estimate of drug-likeness (QED) is 0.434. The Morgan fingerprint density at radius 2 is 1.92 bits per heavy atom. The minimum absolute atomic E-state index is 0.0242. The number of piperidine rings is 1. The second-order valence-corrected chi connectivity index (χ2v) is 10.8. The van der Waals surface area contributed by atoms with Crippen molar-refractivity contribution in [1.82, 2.24) is 24.4 Å². The molecule has 0 aliphatic carbocycles. The summed E-state index contributed by atoms with van der Waals surface area (Å²) in [5.41, 5.74) is 5.32. The number of carbonyl (C=O) groups is 1. The number of hydrogen-bond acceptors (Lipinski definition) is 9. The number of halogens is 2. The van der Waals surface area contributed by atoms with Crippen LogP contribution in [0.3, 0.4) is 0 Å². The smallest absolute Gasteiger partial charge is 0.410 e. The second-order valence-electron chi connectivity index (χ2n) is 10.1. The van der Waals surface area contributed by atoms with Crippen LogP contribution in [-0.2, 0) is 4.74 Å². The van der Waals surface area contributed by atoms with E-state index < -0.39 is 11.6 Å². The van der Waals surface area contributed by atoms with Gasteiger partial charge in [0.05, 0.1) is 22.0 Å². The third kappa shape index (κ3) is 5.61. The molecular formula is C25H28Cl2N8O3. The van der Waals surface area contributed by atoms with Crippen molar-refractivity contribution in [3.05, 3.63) is 50.1 Å². The lowest BCUT2D eigenvalue weighted by Crippen LogP contribution is -2.44. The zero-order chi connectivity index (χ0) is 27.8. The number of anilines is 2. The van der Waals surface area contributed by atoms with Gasteiger partial charge in [-0.3, -0.25) is 9.36 Å². The van der Waals surface area contributed by atoms with Gasteiger partial charge in [0, 0.05) is 19.1 Å². The summed E-state index contributed by atoms with van der Waals surface area (Å²) in [5, 5.41) is 13.2. The van der Waals surface area contributed by atoms with Crippen molar-refractivity contribution in [2.45, 2.75) is 58.2 Å². The van der Waals surface area contributed by atoms with Crippen LogP contribution < -0.4 is 16.6 Å². The van der Waals surface area contributed by atoms with Gasteiger partial charge in [-0.2, -0.15) is 15.2 Å². The number of ether oxygens (including phenoxy) is 1. The fourth-order valence-corrected chi connectivity index (χ4v) is 4.90. The van der Waals surface area contributed by atoms with Crippen LogP contribution in [0.5, 0.6) is 0 Å². The zero-order valence-electron chi connectivity index (χ0n) is 21.5. The number of carbonyl (C=O) groups excluding carboxylic acids is 1. The zero-order valence-corrected chi connectivity index (χ0v) is 23.0. The standard InChI is InChI=1S/C25H28Cl2N8O3/c1-13(30-20-15(12-28)19(27)32-23(29)33-20)21-31-17-7-5-6-16(26)18(17)22(36)35(21)14-8-10-34(11-9-14)24(37)38-25(2,3)4/h5-7,13-14H,8-11H2,1-4H3,(H3,29,30,32,33)/t13-/m0/s1. The molecule has 38 heavy (non-hydrogen) atoms. The van der Waals surface area contributed by atoms with Gasteiger partial charge in [-0.1, -0.05) is 29.3 Å². The molecule has 1 aromatic carbocycles. The molecule has 3 heterocycles. The van der Waals surface area contributed by atoms with Crippen LogP contribution in [0.4, 0.5) is 16.6 Å². The molecule has 0 bridgehead atoms. The number of benzene rings is 1. The van der Waals surface area contributed by atoms with Crippen LogP contribution in [0.15, 0.2) is 23.0 Å². The molecule has 11 nitrogen and oxygen atoms in total. The van der Waals surface area contributed by atoms with E-state index in [2.05, 4.69) is 15.3 Å². The van der Waals surface area contributed by atoms with E-state index >= 15 is 0 Å². The minimum Gasteiger partial charge on any atom is -0.444 e. The number of nitrogens with one attached hydrogen (secondary N) is 1. The fraction of sp³-hybridized carbons (Fsp3) is 0.440. The van der Waals surface area contributed by atoms with Gasteiger partial charge in [0.15, 0.2) is 11.0 Å². The number of hydrogen-bond donors (Lipinski definition) is 2.